The van der Waals surface area contributed by atoms with E-state index in [9.17, 15) is 13.2 Å². The maximum absolute atomic E-state index is 12.5. The number of sulfonamides is 1. The Morgan fingerprint density at radius 1 is 1.17 bits per heavy atom. The van der Waals surface area contributed by atoms with Crippen molar-refractivity contribution in [2.75, 3.05) is 5.32 Å². The summed E-state index contributed by atoms with van der Waals surface area (Å²) in [4.78, 5) is 12.7. The number of fused-ring (bicyclic) bond motifs is 1. The van der Waals surface area contributed by atoms with Crippen LogP contribution in [-0.2, 0) is 16.6 Å². The van der Waals surface area contributed by atoms with Gasteiger partial charge in [0.2, 0.25) is 0 Å². The summed E-state index contributed by atoms with van der Waals surface area (Å²) in [7, 11) is -3.81. The molecule has 1 N–H and O–H groups in total. The molecule has 0 amide bonds. The molecule has 2 aromatic rings. The molecular formula is C16H17N3O3S. The number of anilines is 1. The summed E-state index contributed by atoms with van der Waals surface area (Å²) in [6.45, 7) is 2.64. The predicted octanol–water partition coefficient (Wildman–Crippen LogP) is 2.21. The number of nitrogens with zero attached hydrogens (tertiary/aromatic N) is 2. The maximum atomic E-state index is 12.5. The normalized spacial score (nSPS) is 15.4. The number of para-hydroxylation sites is 1. The number of amidine groups is 1. The molecule has 1 aliphatic rings. The Morgan fingerprint density at radius 2 is 1.96 bits per heavy atom. The van der Waals surface area contributed by atoms with Crippen molar-refractivity contribution in [2.45, 2.75) is 31.2 Å². The molecule has 6 nitrogen and oxygen atoms in total. The minimum Gasteiger partial charge on any atom is -0.338 e. The van der Waals surface area contributed by atoms with E-state index < -0.39 is 10.0 Å². The number of rotatable bonds is 4. The molecular weight excluding hydrogens is 314 g/mol. The zero-order valence-corrected chi connectivity index (χ0v) is 13.5. The van der Waals surface area contributed by atoms with E-state index in [1.807, 2.05) is 6.92 Å². The van der Waals surface area contributed by atoms with E-state index >= 15 is 0 Å². The van der Waals surface area contributed by atoms with Gasteiger partial charge in [0.25, 0.3) is 15.6 Å². The molecule has 0 spiro atoms. The second-order valence-corrected chi connectivity index (χ2v) is 6.88. The first kappa shape index (κ1) is 15.5. The fraction of sp³-hybridized carbons (Fsp3) is 0.250. The lowest BCUT2D eigenvalue weighted by molar-refractivity contribution is 0.597. The molecule has 7 heteroatoms. The fourth-order valence-corrected chi connectivity index (χ4v) is 3.58. The zero-order valence-electron chi connectivity index (χ0n) is 12.7. The first-order chi connectivity index (χ1) is 11.0. The van der Waals surface area contributed by atoms with Crippen molar-refractivity contribution in [1.82, 2.24) is 4.57 Å². The van der Waals surface area contributed by atoms with Crippen molar-refractivity contribution in [3.8, 4) is 0 Å². The van der Waals surface area contributed by atoms with Gasteiger partial charge in [-0.3, -0.25) is 4.79 Å². The summed E-state index contributed by atoms with van der Waals surface area (Å²) < 4.78 is 29.9. The molecule has 0 saturated heterocycles. The Morgan fingerprint density at radius 3 is 2.74 bits per heavy atom. The third kappa shape index (κ3) is 2.92. The zero-order chi connectivity index (χ0) is 16.4. The third-order valence-corrected chi connectivity index (χ3v) is 4.99. The van der Waals surface area contributed by atoms with E-state index in [2.05, 4.69) is 9.71 Å². The molecule has 0 saturated carbocycles. The summed E-state index contributed by atoms with van der Waals surface area (Å²) in [5.41, 5.74) is 0.435. The van der Waals surface area contributed by atoms with Crippen LogP contribution in [0.25, 0.3) is 0 Å². The molecule has 1 aromatic heterocycles. The highest BCUT2D eigenvalue weighted by molar-refractivity contribution is 7.90. The lowest BCUT2D eigenvalue weighted by atomic mass is 10.2. The lowest BCUT2D eigenvalue weighted by Gasteiger charge is -2.18. The Hall–Kier alpha value is -2.41. The quantitative estimate of drug-likeness (QED) is 0.931. The maximum Gasteiger partial charge on any atom is 0.286 e. The molecule has 0 radical (unpaired) electrons. The number of aromatic nitrogens is 1. The Labute approximate surface area is 134 Å². The number of benzene rings is 1. The molecule has 3 rings (SSSR count). The Balaban J connectivity index is 2.08. The van der Waals surface area contributed by atoms with Crippen LogP contribution in [0.5, 0.6) is 0 Å². The smallest absolute Gasteiger partial charge is 0.286 e. The monoisotopic (exact) mass is 331 g/mol. The minimum absolute atomic E-state index is 0.0690. The van der Waals surface area contributed by atoms with Crippen LogP contribution in [0.15, 0.2) is 56.7 Å². The van der Waals surface area contributed by atoms with Crippen molar-refractivity contribution in [3.63, 3.8) is 0 Å². The largest absolute Gasteiger partial charge is 0.338 e. The van der Waals surface area contributed by atoms with Crippen molar-refractivity contribution < 1.29 is 8.42 Å². The molecule has 1 aromatic carbocycles. The van der Waals surface area contributed by atoms with E-state index in [1.165, 1.54) is 6.07 Å². The van der Waals surface area contributed by atoms with Crippen LogP contribution in [0.4, 0.5) is 5.69 Å². The van der Waals surface area contributed by atoms with Crippen LogP contribution < -0.4 is 10.9 Å². The van der Waals surface area contributed by atoms with Gasteiger partial charge < -0.3 is 9.88 Å². The SMILES string of the molecule is CCCCn1cccc(C2=NS(=O)(=O)c3ccccc3N2)c1=O. The molecule has 0 fully saturated rings. The van der Waals surface area contributed by atoms with Gasteiger partial charge in [0.05, 0.1) is 11.3 Å². The molecule has 0 atom stereocenters. The highest BCUT2D eigenvalue weighted by Gasteiger charge is 2.26. The average Bonchev–Trinajstić information content (AvgIpc) is 2.53. The standard InChI is InChI=1S/C16H17N3O3S/c1-2-3-10-19-11-6-7-12(16(19)20)15-17-13-8-4-5-9-14(13)23(21,22)18-15/h4-9,11H,2-3,10H2,1H3,(H,17,18). The van der Waals surface area contributed by atoms with Gasteiger partial charge in [-0.2, -0.15) is 8.42 Å². The van der Waals surface area contributed by atoms with Crippen LogP contribution in [0.2, 0.25) is 0 Å². The summed E-state index contributed by atoms with van der Waals surface area (Å²) >= 11 is 0. The minimum atomic E-state index is -3.81. The van der Waals surface area contributed by atoms with Crippen LogP contribution in [0.3, 0.4) is 0 Å². The molecule has 2 heterocycles. The van der Waals surface area contributed by atoms with Crippen LogP contribution in [0, 0.1) is 0 Å². The Bertz CT molecular complexity index is 930. The highest BCUT2D eigenvalue weighted by atomic mass is 32.2. The van der Waals surface area contributed by atoms with Gasteiger partial charge in [-0.1, -0.05) is 25.5 Å². The second-order valence-electron chi connectivity index (χ2n) is 5.31. The molecule has 0 aliphatic carbocycles. The fourth-order valence-electron chi connectivity index (χ4n) is 2.45. The number of pyridine rings is 1. The van der Waals surface area contributed by atoms with Crippen LogP contribution in [-0.4, -0.2) is 18.8 Å². The van der Waals surface area contributed by atoms with E-state index in [-0.39, 0.29) is 21.9 Å². The van der Waals surface area contributed by atoms with Gasteiger partial charge in [0.1, 0.15) is 4.90 Å². The summed E-state index contributed by atoms with van der Waals surface area (Å²) in [5, 5.41) is 2.95. The van der Waals surface area contributed by atoms with E-state index in [1.54, 1.807) is 41.1 Å². The molecule has 120 valence electrons. The lowest BCUT2D eigenvalue weighted by Crippen LogP contribution is -2.31. The van der Waals surface area contributed by atoms with Gasteiger partial charge in [-0.25, -0.2) is 0 Å². The molecule has 1 aliphatic heterocycles. The van der Waals surface area contributed by atoms with Crippen molar-refractivity contribution >= 4 is 21.5 Å². The number of hydrogen-bond donors (Lipinski definition) is 1. The van der Waals surface area contributed by atoms with Gasteiger partial charge in [-0.05, 0) is 30.7 Å². The predicted molar refractivity (Wildman–Crippen MR) is 89.4 cm³/mol. The number of aryl methyl sites for hydroxylation is 1. The van der Waals surface area contributed by atoms with Crippen LogP contribution >= 0.6 is 0 Å². The molecule has 0 bridgehead atoms. The van der Waals surface area contributed by atoms with E-state index in [4.69, 9.17) is 0 Å². The average molecular weight is 331 g/mol. The van der Waals surface area contributed by atoms with Gasteiger partial charge >= 0.3 is 0 Å². The topological polar surface area (TPSA) is 80.5 Å². The Kier molecular flexibility index (Phi) is 4.04. The number of unbranched alkanes of at least 4 members (excludes halogenated alkanes) is 1. The van der Waals surface area contributed by atoms with Crippen molar-refractivity contribution in [1.29, 1.82) is 0 Å². The first-order valence-electron chi connectivity index (χ1n) is 7.44. The third-order valence-electron chi connectivity index (χ3n) is 3.66. The molecule has 23 heavy (non-hydrogen) atoms. The first-order valence-corrected chi connectivity index (χ1v) is 8.88. The van der Waals surface area contributed by atoms with Crippen LogP contribution in [0.1, 0.15) is 25.3 Å². The highest BCUT2D eigenvalue weighted by Crippen LogP contribution is 2.27. The van der Waals surface area contributed by atoms with Gasteiger partial charge in [0.15, 0.2) is 5.84 Å². The van der Waals surface area contributed by atoms with E-state index in [0.29, 0.717) is 12.2 Å². The number of hydrogen-bond acceptors (Lipinski definition) is 4. The van der Waals surface area contributed by atoms with Crippen molar-refractivity contribution in [2.24, 2.45) is 4.40 Å². The molecule has 0 unspecified atom stereocenters. The summed E-state index contributed by atoms with van der Waals surface area (Å²) in [6.07, 6.45) is 3.55. The number of nitrogens with one attached hydrogen (secondary N) is 1. The van der Waals surface area contributed by atoms with Gasteiger partial charge in [0, 0.05) is 12.7 Å². The summed E-state index contributed by atoms with van der Waals surface area (Å²) in [6, 6.07) is 9.82. The van der Waals surface area contributed by atoms with E-state index in [0.717, 1.165) is 12.8 Å². The van der Waals surface area contributed by atoms with Gasteiger partial charge in [-0.15, -0.1) is 4.40 Å². The van der Waals surface area contributed by atoms with Crippen molar-refractivity contribution in [3.05, 3.63) is 58.5 Å². The summed E-state index contributed by atoms with van der Waals surface area (Å²) in [5.74, 6) is 0.0690. The second kappa shape index (κ2) is 6.00.